The second-order valence-electron chi connectivity index (χ2n) is 4.98. The van der Waals surface area contributed by atoms with Gasteiger partial charge in [0.05, 0.1) is 11.5 Å². The fraction of sp³-hybridized carbons (Fsp3) is 0.385. The van der Waals surface area contributed by atoms with Crippen molar-refractivity contribution in [1.82, 2.24) is 20.1 Å². The molecule has 9 heteroatoms. The van der Waals surface area contributed by atoms with E-state index in [0.717, 1.165) is 0 Å². The molecule has 0 aromatic carbocycles. The van der Waals surface area contributed by atoms with E-state index in [9.17, 15) is 9.59 Å². The molecule has 2 rings (SSSR count). The van der Waals surface area contributed by atoms with Crippen LogP contribution >= 0.6 is 11.8 Å². The van der Waals surface area contributed by atoms with Crippen LogP contribution in [0.4, 0.5) is 4.79 Å². The van der Waals surface area contributed by atoms with Gasteiger partial charge in [0, 0.05) is 7.05 Å². The Kier molecular flexibility index (Phi) is 4.86. The number of hydrogen-bond donors (Lipinski definition) is 2. The second kappa shape index (κ2) is 6.65. The molecule has 0 saturated carbocycles. The van der Waals surface area contributed by atoms with Crippen LogP contribution in [0.1, 0.15) is 13.8 Å². The van der Waals surface area contributed by atoms with Crippen molar-refractivity contribution >= 4 is 23.7 Å². The monoisotopic (exact) mass is 323 g/mol. The highest BCUT2D eigenvalue weighted by molar-refractivity contribution is 8.00. The van der Waals surface area contributed by atoms with Crippen LogP contribution in [-0.4, -0.2) is 32.0 Å². The van der Waals surface area contributed by atoms with Gasteiger partial charge >= 0.3 is 6.03 Å². The minimum absolute atomic E-state index is 0.0203. The summed E-state index contributed by atoms with van der Waals surface area (Å²) in [6.45, 7) is 3.75. The Morgan fingerprint density at radius 3 is 2.68 bits per heavy atom. The Labute approximate surface area is 131 Å². The molecule has 0 aliphatic heterocycles. The van der Waals surface area contributed by atoms with Gasteiger partial charge in [-0.2, -0.15) is 0 Å². The van der Waals surface area contributed by atoms with Gasteiger partial charge in [-0.3, -0.25) is 10.1 Å². The Morgan fingerprint density at radius 2 is 2.14 bits per heavy atom. The van der Waals surface area contributed by atoms with E-state index in [1.165, 1.54) is 11.8 Å². The Balaban J connectivity index is 2.21. The quantitative estimate of drug-likeness (QED) is 0.803. The van der Waals surface area contributed by atoms with Gasteiger partial charge in [0.15, 0.2) is 16.7 Å². The topological polar surface area (TPSA) is 116 Å². The van der Waals surface area contributed by atoms with Crippen molar-refractivity contribution in [1.29, 1.82) is 0 Å². The van der Waals surface area contributed by atoms with E-state index < -0.39 is 17.2 Å². The first-order valence-electron chi connectivity index (χ1n) is 6.60. The van der Waals surface area contributed by atoms with Gasteiger partial charge in [0.25, 0.3) is 0 Å². The number of rotatable bonds is 5. The average molecular weight is 323 g/mol. The third kappa shape index (κ3) is 3.48. The van der Waals surface area contributed by atoms with Crippen molar-refractivity contribution in [3.8, 4) is 11.6 Å². The number of nitrogens with two attached hydrogens (primary N) is 1. The van der Waals surface area contributed by atoms with E-state index in [1.807, 2.05) is 13.8 Å². The summed E-state index contributed by atoms with van der Waals surface area (Å²) in [6, 6.07) is 2.66. The maximum Gasteiger partial charge on any atom is 0.318 e. The fourth-order valence-corrected chi connectivity index (χ4v) is 2.83. The summed E-state index contributed by atoms with van der Waals surface area (Å²) in [5.74, 6) is 0.679. The van der Waals surface area contributed by atoms with Crippen LogP contribution in [0.15, 0.2) is 28.0 Å². The lowest BCUT2D eigenvalue weighted by atomic mass is 10.1. The summed E-state index contributed by atoms with van der Waals surface area (Å²) < 4.78 is 7.03. The van der Waals surface area contributed by atoms with Crippen molar-refractivity contribution < 1.29 is 14.0 Å². The summed E-state index contributed by atoms with van der Waals surface area (Å²) in [5.41, 5.74) is 5.00. The number of primary amides is 1. The van der Waals surface area contributed by atoms with Crippen LogP contribution in [0.2, 0.25) is 0 Å². The molecule has 2 heterocycles. The molecule has 0 aliphatic carbocycles. The molecule has 0 bridgehead atoms. The van der Waals surface area contributed by atoms with E-state index in [1.54, 1.807) is 30.0 Å². The van der Waals surface area contributed by atoms with Gasteiger partial charge in [-0.1, -0.05) is 25.6 Å². The largest absolute Gasteiger partial charge is 0.461 e. The lowest BCUT2D eigenvalue weighted by Crippen LogP contribution is -2.42. The summed E-state index contributed by atoms with van der Waals surface area (Å²) in [7, 11) is 1.78. The van der Waals surface area contributed by atoms with E-state index >= 15 is 0 Å². The zero-order valence-electron chi connectivity index (χ0n) is 12.4. The SMILES string of the molecule is CC(C)C(Sc1nnc(-c2ccco2)n1C)C(=O)NC(N)=O. The van der Waals surface area contributed by atoms with Gasteiger partial charge in [-0.05, 0) is 18.1 Å². The standard InChI is InChI=1S/C13H17N5O3S/c1-7(2)9(11(19)15-12(14)20)22-13-17-16-10(18(13)3)8-5-4-6-21-8/h4-7,9H,1-3H3,(H3,14,15,19,20). The number of furan rings is 1. The van der Waals surface area contributed by atoms with Crippen molar-refractivity contribution in [2.24, 2.45) is 18.7 Å². The molecule has 1 atom stereocenters. The number of imide groups is 1. The number of nitrogens with zero attached hydrogens (tertiary/aromatic N) is 3. The molecule has 0 spiro atoms. The van der Waals surface area contributed by atoms with Crippen LogP contribution in [0.25, 0.3) is 11.6 Å². The first-order chi connectivity index (χ1) is 10.4. The predicted molar refractivity (Wildman–Crippen MR) is 80.9 cm³/mol. The summed E-state index contributed by atoms with van der Waals surface area (Å²) in [6.07, 6.45) is 1.55. The van der Waals surface area contributed by atoms with Crippen molar-refractivity contribution in [2.75, 3.05) is 0 Å². The van der Waals surface area contributed by atoms with Gasteiger partial charge < -0.3 is 14.7 Å². The summed E-state index contributed by atoms with van der Waals surface area (Å²) in [5, 5.41) is 10.3. The lowest BCUT2D eigenvalue weighted by Gasteiger charge is -2.17. The molecule has 118 valence electrons. The van der Waals surface area contributed by atoms with Crippen molar-refractivity contribution in [3.63, 3.8) is 0 Å². The highest BCUT2D eigenvalue weighted by atomic mass is 32.2. The maximum atomic E-state index is 12.0. The molecule has 3 N–H and O–H groups in total. The number of carbonyl (C=O) groups excluding carboxylic acids is 2. The van der Waals surface area contributed by atoms with Gasteiger partial charge in [0.1, 0.15) is 0 Å². The van der Waals surface area contributed by atoms with Crippen molar-refractivity contribution in [2.45, 2.75) is 24.3 Å². The van der Waals surface area contributed by atoms with Gasteiger partial charge in [-0.25, -0.2) is 4.79 Å². The third-order valence-electron chi connectivity index (χ3n) is 2.92. The Morgan fingerprint density at radius 1 is 1.41 bits per heavy atom. The van der Waals surface area contributed by atoms with Crippen LogP contribution in [0, 0.1) is 5.92 Å². The zero-order chi connectivity index (χ0) is 16.3. The molecular weight excluding hydrogens is 306 g/mol. The number of amides is 3. The molecular formula is C13H17N5O3S. The molecule has 0 aliphatic rings. The molecule has 0 radical (unpaired) electrons. The van der Waals surface area contributed by atoms with E-state index in [-0.39, 0.29) is 5.92 Å². The van der Waals surface area contributed by atoms with Crippen LogP contribution in [-0.2, 0) is 11.8 Å². The first kappa shape index (κ1) is 16.1. The fourth-order valence-electron chi connectivity index (χ4n) is 1.84. The molecule has 8 nitrogen and oxygen atoms in total. The van der Waals surface area contributed by atoms with E-state index in [2.05, 4.69) is 15.5 Å². The minimum atomic E-state index is -0.870. The summed E-state index contributed by atoms with van der Waals surface area (Å²) >= 11 is 1.22. The number of aromatic nitrogens is 3. The molecule has 2 aromatic heterocycles. The molecule has 2 aromatic rings. The lowest BCUT2D eigenvalue weighted by molar-refractivity contribution is -0.120. The van der Waals surface area contributed by atoms with Crippen LogP contribution in [0.3, 0.4) is 0 Å². The van der Waals surface area contributed by atoms with Crippen molar-refractivity contribution in [3.05, 3.63) is 18.4 Å². The maximum absolute atomic E-state index is 12.0. The number of nitrogens with one attached hydrogen (secondary N) is 1. The average Bonchev–Trinajstić information content (AvgIpc) is 3.04. The second-order valence-corrected chi connectivity index (χ2v) is 6.09. The summed E-state index contributed by atoms with van der Waals surface area (Å²) in [4.78, 5) is 22.9. The number of thioether (sulfide) groups is 1. The molecule has 3 amide bonds. The van der Waals surface area contributed by atoms with Gasteiger partial charge in [0.2, 0.25) is 5.91 Å². The van der Waals surface area contributed by atoms with E-state index in [4.69, 9.17) is 10.2 Å². The zero-order valence-corrected chi connectivity index (χ0v) is 13.3. The molecule has 1 unspecified atom stereocenters. The molecule has 0 fully saturated rings. The Hall–Kier alpha value is -2.29. The third-order valence-corrected chi connectivity index (χ3v) is 4.50. The number of carbonyl (C=O) groups is 2. The normalized spacial score (nSPS) is 12.4. The molecule has 22 heavy (non-hydrogen) atoms. The number of hydrogen-bond acceptors (Lipinski definition) is 6. The molecule has 0 saturated heterocycles. The van der Waals surface area contributed by atoms with Crippen LogP contribution < -0.4 is 11.1 Å². The van der Waals surface area contributed by atoms with E-state index in [0.29, 0.717) is 16.7 Å². The predicted octanol–water partition coefficient (Wildman–Crippen LogP) is 1.39. The Bertz CT molecular complexity index is 665. The van der Waals surface area contributed by atoms with Crippen LogP contribution in [0.5, 0.6) is 0 Å². The minimum Gasteiger partial charge on any atom is -0.461 e. The highest BCUT2D eigenvalue weighted by Gasteiger charge is 2.27. The number of urea groups is 1. The highest BCUT2D eigenvalue weighted by Crippen LogP contribution is 2.29. The van der Waals surface area contributed by atoms with Gasteiger partial charge in [-0.15, -0.1) is 10.2 Å². The first-order valence-corrected chi connectivity index (χ1v) is 7.48. The smallest absolute Gasteiger partial charge is 0.318 e.